The summed E-state index contributed by atoms with van der Waals surface area (Å²) >= 11 is 3.43. The zero-order valence-corrected chi connectivity index (χ0v) is 13.3. The summed E-state index contributed by atoms with van der Waals surface area (Å²) < 4.78 is 6.13. The molecule has 0 amide bonds. The number of rotatable bonds is 4. The van der Waals surface area contributed by atoms with Crippen LogP contribution in [0.4, 0.5) is 0 Å². The fourth-order valence-electron chi connectivity index (χ4n) is 2.03. The highest BCUT2D eigenvalue weighted by Gasteiger charge is 2.16. The van der Waals surface area contributed by atoms with E-state index >= 15 is 0 Å². The highest BCUT2D eigenvalue weighted by molar-refractivity contribution is 9.10. The summed E-state index contributed by atoms with van der Waals surface area (Å²) in [6.45, 7) is 1.92. The molecule has 0 aliphatic heterocycles. The molecule has 1 N–H and O–H groups in total. The number of hydrogen-bond acceptors (Lipinski definition) is 2. The van der Waals surface area contributed by atoms with E-state index in [0.717, 1.165) is 15.6 Å². The summed E-state index contributed by atoms with van der Waals surface area (Å²) in [5.41, 5.74) is 2.55. The van der Waals surface area contributed by atoms with Gasteiger partial charge in [-0.1, -0.05) is 45.8 Å². The predicted octanol–water partition coefficient (Wildman–Crippen LogP) is 4.39. The Morgan fingerprint density at radius 3 is 2.57 bits per heavy atom. The summed E-state index contributed by atoms with van der Waals surface area (Å²) in [5, 5.41) is 9.55. The van der Waals surface area contributed by atoms with Crippen molar-refractivity contribution in [1.29, 1.82) is 0 Å². The van der Waals surface area contributed by atoms with Gasteiger partial charge in [0, 0.05) is 10.0 Å². The molecule has 3 nitrogen and oxygen atoms in total. The number of aliphatic carboxylic acids is 1. The quantitative estimate of drug-likeness (QED) is 0.659. The Balaban J connectivity index is 2.63. The number of aryl methyl sites for hydroxylation is 1. The van der Waals surface area contributed by atoms with E-state index in [2.05, 4.69) is 15.9 Å². The Morgan fingerprint density at radius 1 is 1.24 bits per heavy atom. The number of methoxy groups -OCH3 is 1. The molecule has 0 aliphatic carbocycles. The van der Waals surface area contributed by atoms with Gasteiger partial charge in [-0.15, -0.1) is 0 Å². The maximum atomic E-state index is 11.7. The van der Waals surface area contributed by atoms with Gasteiger partial charge in [0.05, 0.1) is 12.7 Å². The van der Waals surface area contributed by atoms with Gasteiger partial charge in [0.1, 0.15) is 5.75 Å². The predicted molar refractivity (Wildman–Crippen MR) is 87.4 cm³/mol. The van der Waals surface area contributed by atoms with Crippen LogP contribution in [0.25, 0.3) is 11.6 Å². The lowest BCUT2D eigenvalue weighted by atomic mass is 10.00. The van der Waals surface area contributed by atoms with Gasteiger partial charge in [-0.05, 0) is 36.8 Å². The number of ether oxygens (including phenoxy) is 1. The van der Waals surface area contributed by atoms with Crippen LogP contribution in [0.2, 0.25) is 0 Å². The number of carboxylic acid groups (broad SMARTS) is 1. The minimum Gasteiger partial charge on any atom is -0.496 e. The SMILES string of the molecule is COc1ccc(C)cc1/C(=C/c1ccccc1Br)C(=O)O. The Labute approximate surface area is 132 Å². The average Bonchev–Trinajstić information content (AvgIpc) is 2.46. The fourth-order valence-corrected chi connectivity index (χ4v) is 2.43. The Hall–Kier alpha value is -2.07. The second kappa shape index (κ2) is 6.59. The van der Waals surface area contributed by atoms with Crippen LogP contribution in [0.15, 0.2) is 46.9 Å². The third-order valence-corrected chi connectivity index (χ3v) is 3.80. The van der Waals surface area contributed by atoms with E-state index in [-0.39, 0.29) is 5.57 Å². The number of halogens is 1. The molecule has 21 heavy (non-hydrogen) atoms. The highest BCUT2D eigenvalue weighted by atomic mass is 79.9. The maximum Gasteiger partial charge on any atom is 0.336 e. The summed E-state index contributed by atoms with van der Waals surface area (Å²) in [5.74, 6) is -0.448. The topological polar surface area (TPSA) is 46.5 Å². The first-order valence-electron chi connectivity index (χ1n) is 6.37. The highest BCUT2D eigenvalue weighted by Crippen LogP contribution is 2.30. The molecule has 0 unspecified atom stereocenters. The van der Waals surface area contributed by atoms with Crippen molar-refractivity contribution >= 4 is 33.5 Å². The fraction of sp³-hybridized carbons (Fsp3) is 0.118. The molecule has 0 bridgehead atoms. The maximum absolute atomic E-state index is 11.7. The minimum atomic E-state index is -0.991. The summed E-state index contributed by atoms with van der Waals surface area (Å²) in [7, 11) is 1.53. The van der Waals surface area contributed by atoms with E-state index in [9.17, 15) is 9.90 Å². The van der Waals surface area contributed by atoms with Crippen molar-refractivity contribution < 1.29 is 14.6 Å². The third kappa shape index (κ3) is 3.52. The van der Waals surface area contributed by atoms with Crippen LogP contribution in [0.1, 0.15) is 16.7 Å². The van der Waals surface area contributed by atoms with E-state index in [0.29, 0.717) is 11.3 Å². The molecular formula is C17H15BrO3. The molecule has 0 spiro atoms. The molecule has 0 aromatic heterocycles. The largest absolute Gasteiger partial charge is 0.496 e. The number of benzene rings is 2. The van der Waals surface area contributed by atoms with Crippen LogP contribution >= 0.6 is 15.9 Å². The Kier molecular flexibility index (Phi) is 4.81. The van der Waals surface area contributed by atoms with Crippen molar-refractivity contribution in [2.75, 3.05) is 7.11 Å². The van der Waals surface area contributed by atoms with E-state index < -0.39 is 5.97 Å². The van der Waals surface area contributed by atoms with E-state index in [4.69, 9.17) is 4.74 Å². The molecule has 0 saturated heterocycles. The summed E-state index contributed by atoms with van der Waals surface area (Å²) in [4.78, 5) is 11.7. The van der Waals surface area contributed by atoms with Crippen molar-refractivity contribution in [1.82, 2.24) is 0 Å². The molecular weight excluding hydrogens is 332 g/mol. The van der Waals surface area contributed by atoms with Crippen LogP contribution in [0.5, 0.6) is 5.75 Å². The van der Waals surface area contributed by atoms with Gasteiger partial charge in [-0.2, -0.15) is 0 Å². The molecule has 2 aromatic rings. The normalized spacial score (nSPS) is 11.3. The molecule has 0 aliphatic rings. The van der Waals surface area contributed by atoms with Gasteiger partial charge in [0.2, 0.25) is 0 Å². The van der Waals surface area contributed by atoms with Gasteiger partial charge in [0.25, 0.3) is 0 Å². The van der Waals surface area contributed by atoms with Gasteiger partial charge in [-0.25, -0.2) is 4.79 Å². The van der Waals surface area contributed by atoms with E-state index in [1.807, 2.05) is 43.3 Å². The summed E-state index contributed by atoms with van der Waals surface area (Å²) in [6, 6.07) is 13.0. The number of carboxylic acids is 1. The van der Waals surface area contributed by atoms with Crippen LogP contribution in [0, 0.1) is 6.92 Å². The minimum absolute atomic E-state index is 0.197. The molecule has 0 heterocycles. The number of carbonyl (C=O) groups is 1. The third-order valence-electron chi connectivity index (χ3n) is 3.08. The van der Waals surface area contributed by atoms with Crippen LogP contribution in [0.3, 0.4) is 0 Å². The zero-order chi connectivity index (χ0) is 15.4. The first kappa shape index (κ1) is 15.3. The molecule has 2 aromatic carbocycles. The Bertz CT molecular complexity index is 705. The molecule has 0 fully saturated rings. The van der Waals surface area contributed by atoms with Crippen molar-refractivity contribution in [3.8, 4) is 5.75 Å². The van der Waals surface area contributed by atoms with Gasteiger partial charge >= 0.3 is 5.97 Å². The van der Waals surface area contributed by atoms with E-state index in [1.54, 1.807) is 12.1 Å². The van der Waals surface area contributed by atoms with Gasteiger partial charge in [0.15, 0.2) is 0 Å². The zero-order valence-electron chi connectivity index (χ0n) is 11.8. The van der Waals surface area contributed by atoms with Crippen LogP contribution < -0.4 is 4.74 Å². The summed E-state index contributed by atoms with van der Waals surface area (Å²) in [6.07, 6.45) is 1.64. The van der Waals surface area contributed by atoms with Crippen LogP contribution in [-0.4, -0.2) is 18.2 Å². The molecule has 4 heteroatoms. The van der Waals surface area contributed by atoms with Crippen molar-refractivity contribution in [2.45, 2.75) is 6.92 Å². The lowest BCUT2D eigenvalue weighted by molar-refractivity contribution is -0.130. The number of hydrogen-bond donors (Lipinski definition) is 1. The molecule has 0 radical (unpaired) electrons. The van der Waals surface area contributed by atoms with Crippen molar-refractivity contribution in [3.63, 3.8) is 0 Å². The lowest BCUT2D eigenvalue weighted by Crippen LogP contribution is -2.02. The second-order valence-corrected chi connectivity index (χ2v) is 5.44. The van der Waals surface area contributed by atoms with Crippen LogP contribution in [-0.2, 0) is 4.79 Å². The molecule has 0 atom stereocenters. The molecule has 2 rings (SSSR count). The van der Waals surface area contributed by atoms with Gasteiger partial charge < -0.3 is 9.84 Å². The standard InChI is InChI=1S/C17H15BrO3/c1-11-7-8-16(21-2)13(9-11)14(17(19)20)10-12-5-3-4-6-15(12)18/h3-10H,1-2H3,(H,19,20)/b14-10-. The van der Waals surface area contributed by atoms with Gasteiger partial charge in [-0.3, -0.25) is 0 Å². The van der Waals surface area contributed by atoms with Crippen molar-refractivity contribution in [3.05, 3.63) is 63.6 Å². The lowest BCUT2D eigenvalue weighted by Gasteiger charge is -2.11. The van der Waals surface area contributed by atoms with Crippen molar-refractivity contribution in [2.24, 2.45) is 0 Å². The first-order valence-corrected chi connectivity index (χ1v) is 7.16. The Morgan fingerprint density at radius 2 is 1.95 bits per heavy atom. The molecule has 108 valence electrons. The second-order valence-electron chi connectivity index (χ2n) is 4.59. The monoisotopic (exact) mass is 346 g/mol. The first-order chi connectivity index (χ1) is 10.0. The van der Waals surface area contributed by atoms with E-state index in [1.165, 1.54) is 7.11 Å². The smallest absolute Gasteiger partial charge is 0.336 e. The average molecular weight is 347 g/mol. The molecule has 0 saturated carbocycles.